The quantitative estimate of drug-likeness (QED) is 0.814. The molecule has 146 valence electrons. The minimum atomic E-state index is -3.53. The van der Waals surface area contributed by atoms with E-state index in [-0.39, 0.29) is 12.1 Å². The molecule has 0 bridgehead atoms. The number of ether oxygens (including phenoxy) is 2. The Kier molecular flexibility index (Phi) is 5.96. The molecule has 27 heavy (non-hydrogen) atoms. The highest BCUT2D eigenvalue weighted by atomic mass is 32.2. The van der Waals surface area contributed by atoms with E-state index in [0.717, 1.165) is 24.0 Å². The van der Waals surface area contributed by atoms with Crippen molar-refractivity contribution in [3.8, 4) is 11.8 Å². The van der Waals surface area contributed by atoms with Gasteiger partial charge in [-0.2, -0.15) is 4.98 Å². The number of benzene rings is 1. The van der Waals surface area contributed by atoms with E-state index in [0.29, 0.717) is 29.5 Å². The molecule has 0 amide bonds. The summed E-state index contributed by atoms with van der Waals surface area (Å²) in [6.07, 6.45) is 5.99. The zero-order chi connectivity index (χ0) is 19.4. The number of aryl methyl sites for hydroxylation is 2. The van der Waals surface area contributed by atoms with Crippen molar-refractivity contribution in [3.63, 3.8) is 0 Å². The molecule has 1 saturated carbocycles. The fourth-order valence-electron chi connectivity index (χ4n) is 3.24. The molecule has 1 N–H and O–H groups in total. The van der Waals surface area contributed by atoms with Crippen molar-refractivity contribution in [1.29, 1.82) is 0 Å². The maximum absolute atomic E-state index is 12.7. The molecule has 8 heteroatoms. The van der Waals surface area contributed by atoms with Gasteiger partial charge < -0.3 is 9.47 Å². The monoisotopic (exact) mass is 391 g/mol. The Bertz CT molecular complexity index is 894. The fraction of sp³-hybridized carbons (Fsp3) is 0.474. The van der Waals surface area contributed by atoms with Crippen molar-refractivity contribution in [2.24, 2.45) is 0 Å². The van der Waals surface area contributed by atoms with Crippen LogP contribution >= 0.6 is 0 Å². The molecule has 1 aromatic carbocycles. The van der Waals surface area contributed by atoms with Crippen molar-refractivity contribution < 1.29 is 17.9 Å². The number of rotatable bonds is 6. The Labute approximate surface area is 160 Å². The summed E-state index contributed by atoms with van der Waals surface area (Å²) < 4.78 is 39.2. The minimum absolute atomic E-state index is 0.00661. The molecule has 0 spiro atoms. The number of nitrogens with zero attached hydrogens (tertiary/aromatic N) is 2. The summed E-state index contributed by atoms with van der Waals surface area (Å²) in [5.41, 5.74) is 1.68. The second-order valence-electron chi connectivity index (χ2n) is 6.88. The van der Waals surface area contributed by atoms with Gasteiger partial charge in [0, 0.05) is 6.04 Å². The van der Waals surface area contributed by atoms with E-state index in [1.165, 1.54) is 13.3 Å². The lowest BCUT2D eigenvalue weighted by molar-refractivity contribution is 0.136. The van der Waals surface area contributed by atoms with Crippen LogP contribution in [0.4, 0.5) is 0 Å². The molecule has 0 saturated heterocycles. The summed E-state index contributed by atoms with van der Waals surface area (Å²) in [5.74, 6) is 0.830. The van der Waals surface area contributed by atoms with E-state index in [2.05, 4.69) is 14.7 Å². The largest absolute Gasteiger partial charge is 0.480 e. The highest BCUT2D eigenvalue weighted by molar-refractivity contribution is 7.89. The van der Waals surface area contributed by atoms with E-state index < -0.39 is 10.0 Å². The van der Waals surface area contributed by atoms with Crippen LogP contribution in [0.3, 0.4) is 0 Å². The van der Waals surface area contributed by atoms with E-state index in [9.17, 15) is 8.42 Å². The van der Waals surface area contributed by atoms with Crippen molar-refractivity contribution in [2.45, 2.75) is 56.6 Å². The molecule has 1 heterocycles. The van der Waals surface area contributed by atoms with Gasteiger partial charge in [0.25, 0.3) is 0 Å². The molecule has 7 nitrogen and oxygen atoms in total. The third kappa shape index (κ3) is 4.95. The smallest absolute Gasteiger partial charge is 0.241 e. The number of hydrogen-bond donors (Lipinski definition) is 1. The predicted molar refractivity (Wildman–Crippen MR) is 101 cm³/mol. The van der Waals surface area contributed by atoms with Gasteiger partial charge in [0.15, 0.2) is 0 Å². The molecular weight excluding hydrogens is 366 g/mol. The zero-order valence-corrected chi connectivity index (χ0v) is 16.6. The molecule has 1 fully saturated rings. The van der Waals surface area contributed by atoms with Gasteiger partial charge in [0.05, 0.1) is 24.4 Å². The summed E-state index contributed by atoms with van der Waals surface area (Å²) in [6, 6.07) is 5.38. The van der Waals surface area contributed by atoms with Crippen LogP contribution in [0.1, 0.15) is 36.8 Å². The van der Waals surface area contributed by atoms with Gasteiger partial charge in [0.1, 0.15) is 6.10 Å². The molecular formula is C19H25N3O4S. The number of sulfonamides is 1. The minimum Gasteiger partial charge on any atom is -0.480 e. The Morgan fingerprint density at radius 1 is 1.07 bits per heavy atom. The highest BCUT2D eigenvalue weighted by Gasteiger charge is 2.27. The van der Waals surface area contributed by atoms with Crippen LogP contribution in [0.25, 0.3) is 0 Å². The first-order valence-corrected chi connectivity index (χ1v) is 10.5. The fourth-order valence-corrected chi connectivity index (χ4v) is 4.87. The molecule has 0 aliphatic heterocycles. The van der Waals surface area contributed by atoms with Gasteiger partial charge in [0.2, 0.25) is 21.8 Å². The SMILES string of the molecule is COc1cncc(OC2CCC(NS(=O)(=O)c3cc(C)ccc3C)CC2)n1. The van der Waals surface area contributed by atoms with E-state index >= 15 is 0 Å². The van der Waals surface area contributed by atoms with Gasteiger partial charge >= 0.3 is 0 Å². The van der Waals surface area contributed by atoms with Crippen LogP contribution in [-0.4, -0.2) is 37.6 Å². The van der Waals surface area contributed by atoms with Crippen LogP contribution in [0.2, 0.25) is 0 Å². The maximum Gasteiger partial charge on any atom is 0.241 e. The average molecular weight is 391 g/mol. The van der Waals surface area contributed by atoms with E-state index in [1.54, 1.807) is 12.3 Å². The van der Waals surface area contributed by atoms with Crippen LogP contribution in [-0.2, 0) is 10.0 Å². The molecule has 3 rings (SSSR count). The first-order valence-electron chi connectivity index (χ1n) is 8.99. The van der Waals surface area contributed by atoms with Crippen LogP contribution in [0.15, 0.2) is 35.5 Å². The Morgan fingerprint density at radius 3 is 2.48 bits per heavy atom. The van der Waals surface area contributed by atoms with Crippen LogP contribution in [0.5, 0.6) is 11.8 Å². The Hall–Kier alpha value is -2.19. The van der Waals surface area contributed by atoms with Crippen LogP contribution in [0, 0.1) is 13.8 Å². The normalized spacial score (nSPS) is 20.3. The predicted octanol–water partition coefficient (Wildman–Crippen LogP) is 2.77. The van der Waals surface area contributed by atoms with Crippen molar-refractivity contribution >= 4 is 10.0 Å². The summed E-state index contributed by atoms with van der Waals surface area (Å²) >= 11 is 0. The lowest BCUT2D eigenvalue weighted by atomic mass is 9.94. The number of nitrogens with one attached hydrogen (secondary N) is 1. The molecule has 0 radical (unpaired) electrons. The number of methoxy groups -OCH3 is 1. The highest BCUT2D eigenvalue weighted by Crippen LogP contribution is 2.25. The number of hydrogen-bond acceptors (Lipinski definition) is 6. The van der Waals surface area contributed by atoms with Gasteiger partial charge in [-0.3, -0.25) is 4.98 Å². The van der Waals surface area contributed by atoms with E-state index in [4.69, 9.17) is 9.47 Å². The lowest BCUT2D eigenvalue weighted by Crippen LogP contribution is -2.39. The topological polar surface area (TPSA) is 90.4 Å². The van der Waals surface area contributed by atoms with Gasteiger partial charge in [-0.25, -0.2) is 13.1 Å². The third-order valence-corrected chi connectivity index (χ3v) is 6.38. The Morgan fingerprint density at radius 2 is 1.78 bits per heavy atom. The maximum atomic E-state index is 12.7. The average Bonchev–Trinajstić information content (AvgIpc) is 2.65. The molecule has 1 aromatic heterocycles. The first-order chi connectivity index (χ1) is 12.9. The standard InChI is InChI=1S/C19H25N3O4S/c1-13-4-5-14(2)17(10-13)27(23,24)22-15-6-8-16(9-7-15)26-19-12-20-11-18(21-19)25-3/h4-5,10-12,15-16,22H,6-9H2,1-3H3. The van der Waals surface area contributed by atoms with Crippen molar-refractivity contribution in [3.05, 3.63) is 41.7 Å². The van der Waals surface area contributed by atoms with Gasteiger partial charge in [-0.05, 0) is 56.7 Å². The van der Waals surface area contributed by atoms with Crippen LogP contribution < -0.4 is 14.2 Å². The summed E-state index contributed by atoms with van der Waals surface area (Å²) in [5, 5.41) is 0. The summed E-state index contributed by atoms with van der Waals surface area (Å²) in [6.45, 7) is 3.70. The second kappa shape index (κ2) is 8.22. The lowest BCUT2D eigenvalue weighted by Gasteiger charge is -2.29. The third-order valence-electron chi connectivity index (χ3n) is 4.72. The molecule has 0 atom stereocenters. The molecule has 1 aliphatic carbocycles. The second-order valence-corrected chi connectivity index (χ2v) is 8.56. The number of aromatic nitrogens is 2. The van der Waals surface area contributed by atoms with Gasteiger partial charge in [-0.1, -0.05) is 12.1 Å². The summed E-state index contributed by atoms with van der Waals surface area (Å²) in [4.78, 5) is 8.59. The summed E-state index contributed by atoms with van der Waals surface area (Å²) in [7, 11) is -2.00. The first kappa shape index (κ1) is 19.6. The van der Waals surface area contributed by atoms with Crippen molar-refractivity contribution in [1.82, 2.24) is 14.7 Å². The van der Waals surface area contributed by atoms with Gasteiger partial charge in [-0.15, -0.1) is 0 Å². The molecule has 2 aromatic rings. The molecule has 1 aliphatic rings. The molecule has 0 unspecified atom stereocenters. The Balaban J connectivity index is 1.58. The van der Waals surface area contributed by atoms with E-state index in [1.807, 2.05) is 26.0 Å². The zero-order valence-electron chi connectivity index (χ0n) is 15.8. The van der Waals surface area contributed by atoms with Crippen molar-refractivity contribution in [2.75, 3.05) is 7.11 Å².